The van der Waals surface area contributed by atoms with Gasteiger partial charge in [-0.3, -0.25) is 0 Å². The van der Waals surface area contributed by atoms with Gasteiger partial charge < -0.3 is 10.8 Å². The Balaban J connectivity index is 2.75. The summed E-state index contributed by atoms with van der Waals surface area (Å²) in [6.45, 7) is 7.13. The van der Waals surface area contributed by atoms with E-state index < -0.39 is 0 Å². The molecule has 3 N–H and O–H groups in total. The molecule has 0 saturated heterocycles. The average molecular weight is 221 g/mol. The van der Waals surface area contributed by atoms with Crippen molar-refractivity contribution in [2.24, 2.45) is 5.73 Å². The van der Waals surface area contributed by atoms with Gasteiger partial charge in [-0.2, -0.15) is 0 Å². The third-order valence-corrected chi connectivity index (χ3v) is 2.76. The van der Waals surface area contributed by atoms with Crippen LogP contribution in [0, 0.1) is 0 Å². The Kier molecular flexibility index (Phi) is 4.51. The van der Waals surface area contributed by atoms with E-state index >= 15 is 0 Å². The maximum absolute atomic E-state index is 9.72. The lowest BCUT2D eigenvalue weighted by Crippen LogP contribution is -2.17. The van der Waals surface area contributed by atoms with E-state index in [1.54, 1.807) is 0 Å². The molecular formula is C14H23NO. The fourth-order valence-corrected chi connectivity index (χ4v) is 1.73. The van der Waals surface area contributed by atoms with Crippen molar-refractivity contribution in [1.29, 1.82) is 0 Å². The van der Waals surface area contributed by atoms with Crippen LogP contribution < -0.4 is 5.73 Å². The van der Waals surface area contributed by atoms with Crippen LogP contribution in [0.3, 0.4) is 0 Å². The van der Waals surface area contributed by atoms with E-state index in [1.165, 1.54) is 11.1 Å². The zero-order valence-corrected chi connectivity index (χ0v) is 10.5. The first kappa shape index (κ1) is 13.2. The molecule has 0 aliphatic heterocycles. The van der Waals surface area contributed by atoms with Gasteiger partial charge in [-0.15, -0.1) is 0 Å². The SMILES string of the molecule is CC(C)(C)c1cccc(CC(O)CCN)c1. The van der Waals surface area contributed by atoms with Gasteiger partial charge in [-0.05, 0) is 35.9 Å². The van der Waals surface area contributed by atoms with Crippen LogP contribution in [0.5, 0.6) is 0 Å². The second kappa shape index (κ2) is 5.46. The summed E-state index contributed by atoms with van der Waals surface area (Å²) >= 11 is 0. The van der Waals surface area contributed by atoms with E-state index in [2.05, 4.69) is 45.0 Å². The molecule has 1 unspecified atom stereocenters. The number of hydrogen-bond donors (Lipinski definition) is 2. The highest BCUT2D eigenvalue weighted by Crippen LogP contribution is 2.23. The van der Waals surface area contributed by atoms with Crippen molar-refractivity contribution in [2.75, 3.05) is 6.54 Å². The van der Waals surface area contributed by atoms with E-state index in [1.807, 2.05) is 0 Å². The van der Waals surface area contributed by atoms with Gasteiger partial charge in [0.25, 0.3) is 0 Å². The quantitative estimate of drug-likeness (QED) is 0.819. The first-order valence-electron chi connectivity index (χ1n) is 5.91. The van der Waals surface area contributed by atoms with Crippen LogP contribution in [0.15, 0.2) is 24.3 Å². The van der Waals surface area contributed by atoms with Crippen LogP contribution in [0.1, 0.15) is 38.3 Å². The van der Waals surface area contributed by atoms with Crippen molar-refractivity contribution in [3.8, 4) is 0 Å². The molecule has 1 aromatic carbocycles. The first-order valence-corrected chi connectivity index (χ1v) is 5.91. The number of hydrogen-bond acceptors (Lipinski definition) is 2. The van der Waals surface area contributed by atoms with Gasteiger partial charge in [0, 0.05) is 0 Å². The Morgan fingerprint density at radius 1 is 1.31 bits per heavy atom. The third kappa shape index (κ3) is 3.95. The highest BCUT2D eigenvalue weighted by molar-refractivity contribution is 5.28. The summed E-state index contributed by atoms with van der Waals surface area (Å²) in [4.78, 5) is 0. The summed E-state index contributed by atoms with van der Waals surface area (Å²) in [6, 6.07) is 8.44. The number of nitrogens with two attached hydrogens (primary N) is 1. The molecule has 0 amide bonds. The average Bonchev–Trinajstić information content (AvgIpc) is 2.17. The number of rotatable bonds is 4. The van der Waals surface area contributed by atoms with E-state index in [0.29, 0.717) is 19.4 Å². The van der Waals surface area contributed by atoms with E-state index in [-0.39, 0.29) is 11.5 Å². The minimum absolute atomic E-state index is 0.162. The Bertz CT molecular complexity index is 328. The summed E-state index contributed by atoms with van der Waals surface area (Å²) < 4.78 is 0. The molecule has 1 aromatic rings. The van der Waals surface area contributed by atoms with E-state index in [4.69, 9.17) is 5.73 Å². The Morgan fingerprint density at radius 3 is 2.56 bits per heavy atom. The number of aliphatic hydroxyl groups is 1. The molecule has 0 radical (unpaired) electrons. The molecular weight excluding hydrogens is 198 g/mol. The van der Waals surface area contributed by atoms with Crippen LogP contribution in [-0.2, 0) is 11.8 Å². The molecule has 0 bridgehead atoms. The van der Waals surface area contributed by atoms with Crippen molar-refractivity contribution < 1.29 is 5.11 Å². The van der Waals surface area contributed by atoms with Gasteiger partial charge in [-0.1, -0.05) is 45.0 Å². The molecule has 0 aliphatic carbocycles. The third-order valence-electron chi connectivity index (χ3n) is 2.76. The lowest BCUT2D eigenvalue weighted by molar-refractivity contribution is 0.167. The van der Waals surface area contributed by atoms with Crippen molar-refractivity contribution in [1.82, 2.24) is 0 Å². The lowest BCUT2D eigenvalue weighted by atomic mass is 9.85. The van der Waals surface area contributed by atoms with Crippen molar-refractivity contribution in [3.63, 3.8) is 0 Å². The maximum atomic E-state index is 9.72. The molecule has 2 heteroatoms. The maximum Gasteiger partial charge on any atom is 0.0592 e. The second-order valence-electron chi connectivity index (χ2n) is 5.39. The fourth-order valence-electron chi connectivity index (χ4n) is 1.73. The zero-order chi connectivity index (χ0) is 12.2. The van der Waals surface area contributed by atoms with Gasteiger partial charge in [0.1, 0.15) is 0 Å². The minimum Gasteiger partial charge on any atom is -0.393 e. The van der Waals surface area contributed by atoms with Crippen LogP contribution in [0.25, 0.3) is 0 Å². The van der Waals surface area contributed by atoms with E-state index in [0.717, 1.165) is 0 Å². The smallest absolute Gasteiger partial charge is 0.0592 e. The predicted octanol–water partition coefficient (Wildman–Crippen LogP) is 2.24. The monoisotopic (exact) mass is 221 g/mol. The number of benzene rings is 1. The summed E-state index contributed by atoms with van der Waals surface area (Å²) in [5, 5.41) is 9.72. The van der Waals surface area contributed by atoms with Gasteiger partial charge in [0.05, 0.1) is 6.10 Å². The summed E-state index contributed by atoms with van der Waals surface area (Å²) in [5.74, 6) is 0. The highest BCUT2D eigenvalue weighted by atomic mass is 16.3. The summed E-state index contributed by atoms with van der Waals surface area (Å²) in [6.07, 6.45) is 1.04. The van der Waals surface area contributed by atoms with Crippen LogP contribution in [0.4, 0.5) is 0 Å². The molecule has 1 atom stereocenters. The van der Waals surface area contributed by atoms with Crippen LogP contribution in [-0.4, -0.2) is 17.8 Å². The standard InChI is InChI=1S/C14H23NO/c1-14(2,3)12-6-4-5-11(9-12)10-13(16)7-8-15/h4-6,9,13,16H,7-8,10,15H2,1-3H3. The van der Waals surface area contributed by atoms with Crippen LogP contribution >= 0.6 is 0 Å². The van der Waals surface area contributed by atoms with Crippen molar-refractivity contribution in [2.45, 2.75) is 45.1 Å². The molecule has 2 nitrogen and oxygen atoms in total. The van der Waals surface area contributed by atoms with Crippen LogP contribution in [0.2, 0.25) is 0 Å². The van der Waals surface area contributed by atoms with Gasteiger partial charge in [0.15, 0.2) is 0 Å². The molecule has 1 rings (SSSR count). The lowest BCUT2D eigenvalue weighted by Gasteiger charge is -2.20. The predicted molar refractivity (Wildman–Crippen MR) is 68.5 cm³/mol. The molecule has 0 heterocycles. The molecule has 0 spiro atoms. The molecule has 16 heavy (non-hydrogen) atoms. The van der Waals surface area contributed by atoms with Gasteiger partial charge >= 0.3 is 0 Å². The summed E-state index contributed by atoms with van der Waals surface area (Å²) in [7, 11) is 0. The summed E-state index contributed by atoms with van der Waals surface area (Å²) in [5.41, 5.74) is 8.08. The minimum atomic E-state index is -0.319. The molecule has 90 valence electrons. The largest absolute Gasteiger partial charge is 0.393 e. The topological polar surface area (TPSA) is 46.2 Å². The van der Waals surface area contributed by atoms with Crippen molar-refractivity contribution in [3.05, 3.63) is 35.4 Å². The molecule has 0 saturated carbocycles. The highest BCUT2D eigenvalue weighted by Gasteiger charge is 2.14. The first-order chi connectivity index (χ1) is 7.43. The Hall–Kier alpha value is -0.860. The Labute approximate surface area is 98.5 Å². The number of aliphatic hydroxyl groups excluding tert-OH is 1. The normalized spacial score (nSPS) is 13.8. The fraction of sp³-hybridized carbons (Fsp3) is 0.571. The second-order valence-corrected chi connectivity index (χ2v) is 5.39. The van der Waals surface area contributed by atoms with E-state index in [9.17, 15) is 5.11 Å². The zero-order valence-electron chi connectivity index (χ0n) is 10.5. The molecule has 0 aliphatic rings. The van der Waals surface area contributed by atoms with Gasteiger partial charge in [0.2, 0.25) is 0 Å². The van der Waals surface area contributed by atoms with Crippen molar-refractivity contribution >= 4 is 0 Å². The molecule has 0 fully saturated rings. The Morgan fingerprint density at radius 2 is 2.00 bits per heavy atom. The molecule has 0 aromatic heterocycles. The van der Waals surface area contributed by atoms with Gasteiger partial charge in [-0.25, -0.2) is 0 Å².